The fraction of sp³-hybridized carbons (Fsp3) is 0.400. The molecule has 1 radical (unpaired) electrons. The third-order valence-corrected chi connectivity index (χ3v) is 4.47. The van der Waals surface area contributed by atoms with E-state index in [9.17, 15) is 0 Å². The van der Waals surface area contributed by atoms with Crippen LogP contribution in [0.25, 0.3) is 0 Å². The molecule has 0 unspecified atom stereocenters. The fourth-order valence-corrected chi connectivity index (χ4v) is 2.94. The molecule has 1 aromatic carbocycles. The number of benzene rings is 1. The first kappa shape index (κ1) is 14.7. The summed E-state index contributed by atoms with van der Waals surface area (Å²) in [5.74, 6) is 0. The average Bonchev–Trinajstić information content (AvgIpc) is 2.41. The van der Waals surface area contributed by atoms with Crippen LogP contribution < -0.4 is 0 Å². The number of nitrogens with zero attached hydrogens (tertiary/aromatic N) is 1. The number of aryl methyl sites for hydroxylation is 1. The van der Waals surface area contributed by atoms with Crippen LogP contribution in [0.4, 0.5) is 0 Å². The van der Waals surface area contributed by atoms with Crippen molar-refractivity contribution < 1.29 is 4.74 Å². The van der Waals surface area contributed by atoms with E-state index in [2.05, 4.69) is 54.7 Å². The first-order chi connectivity index (χ1) is 8.83. The second-order valence-electron chi connectivity index (χ2n) is 4.22. The molecule has 3 heteroatoms. The van der Waals surface area contributed by atoms with E-state index in [4.69, 9.17) is 10.00 Å². The van der Waals surface area contributed by atoms with E-state index in [1.165, 1.54) is 11.6 Å². The van der Waals surface area contributed by atoms with Crippen LogP contribution >= 0.6 is 0 Å². The normalized spacial score (nSPS) is 10.9. The van der Waals surface area contributed by atoms with Crippen LogP contribution in [0.15, 0.2) is 42.1 Å². The van der Waals surface area contributed by atoms with Crippen LogP contribution in [0.5, 0.6) is 0 Å². The van der Waals surface area contributed by atoms with E-state index in [-0.39, 0.29) is 0 Å². The lowest BCUT2D eigenvalue weighted by Gasteiger charge is -2.04. The Labute approximate surface area is 112 Å². The molecule has 0 heterocycles. The van der Waals surface area contributed by atoms with Gasteiger partial charge < -0.3 is 4.74 Å². The van der Waals surface area contributed by atoms with Gasteiger partial charge in [-0.25, -0.2) is 0 Å². The highest BCUT2D eigenvalue weighted by atomic mass is 28.3. The molecule has 0 atom stereocenters. The smallest absolute Gasteiger partial charge is 0.0725 e. The Morgan fingerprint density at radius 2 is 2.11 bits per heavy atom. The van der Waals surface area contributed by atoms with E-state index >= 15 is 0 Å². The summed E-state index contributed by atoms with van der Waals surface area (Å²) in [4.78, 5) is 0. The molecule has 0 saturated carbocycles. The summed E-state index contributed by atoms with van der Waals surface area (Å²) in [7, 11) is -0.405. The second-order valence-corrected chi connectivity index (χ2v) is 6.74. The summed E-state index contributed by atoms with van der Waals surface area (Å²) in [6.07, 6.45) is 3.73. The summed E-state index contributed by atoms with van der Waals surface area (Å²) in [6.45, 7) is 3.49. The molecule has 0 amide bonds. The van der Waals surface area contributed by atoms with Gasteiger partial charge in [0.1, 0.15) is 0 Å². The van der Waals surface area contributed by atoms with E-state index in [0.29, 0.717) is 19.6 Å². The monoisotopic (exact) mass is 258 g/mol. The van der Waals surface area contributed by atoms with E-state index in [1.54, 1.807) is 0 Å². The summed E-state index contributed by atoms with van der Waals surface area (Å²) in [5, 5.41) is 8.35. The van der Waals surface area contributed by atoms with Crippen LogP contribution in [-0.2, 0) is 11.2 Å². The maximum absolute atomic E-state index is 8.35. The minimum atomic E-state index is -0.405. The summed E-state index contributed by atoms with van der Waals surface area (Å²) >= 11 is 0. The van der Waals surface area contributed by atoms with Crippen LogP contribution in [0, 0.1) is 11.3 Å². The van der Waals surface area contributed by atoms with E-state index in [1.807, 2.05) is 0 Å². The Bertz CT molecular complexity index is 383. The second kappa shape index (κ2) is 9.64. The van der Waals surface area contributed by atoms with Gasteiger partial charge in [-0.1, -0.05) is 54.7 Å². The van der Waals surface area contributed by atoms with Crippen molar-refractivity contribution in [1.29, 1.82) is 5.26 Å². The van der Waals surface area contributed by atoms with Gasteiger partial charge in [0.2, 0.25) is 0 Å². The quantitative estimate of drug-likeness (QED) is 0.529. The summed E-state index contributed by atoms with van der Waals surface area (Å²) < 4.78 is 5.29. The molecule has 0 saturated heterocycles. The predicted molar refractivity (Wildman–Crippen MR) is 76.8 cm³/mol. The molecule has 95 valence electrons. The number of rotatable bonds is 8. The highest BCUT2D eigenvalue weighted by Crippen LogP contribution is 2.06. The highest BCUT2D eigenvalue weighted by molar-refractivity contribution is 6.62. The molecule has 0 fully saturated rings. The predicted octanol–water partition coefficient (Wildman–Crippen LogP) is 3.38. The van der Waals surface area contributed by atoms with E-state index < -0.39 is 8.80 Å². The maximum Gasteiger partial charge on any atom is 0.0725 e. The van der Waals surface area contributed by atoms with Crippen molar-refractivity contribution in [2.24, 2.45) is 0 Å². The molecule has 0 bridgehead atoms. The fourth-order valence-electron chi connectivity index (χ4n) is 1.59. The van der Waals surface area contributed by atoms with Crippen molar-refractivity contribution in [2.75, 3.05) is 13.2 Å². The van der Waals surface area contributed by atoms with Crippen molar-refractivity contribution in [3.63, 3.8) is 0 Å². The molecule has 0 aliphatic rings. The zero-order chi connectivity index (χ0) is 13.1. The highest BCUT2D eigenvalue weighted by Gasteiger charge is 2.00. The summed E-state index contributed by atoms with van der Waals surface area (Å²) in [6, 6.07) is 13.9. The molecule has 0 spiro atoms. The third kappa shape index (κ3) is 7.05. The van der Waals surface area contributed by atoms with Gasteiger partial charge in [0, 0.05) is 0 Å². The van der Waals surface area contributed by atoms with Gasteiger partial charge in [0.05, 0.1) is 34.5 Å². The van der Waals surface area contributed by atoms with Gasteiger partial charge in [0.25, 0.3) is 0 Å². The minimum absolute atomic E-state index is 0.405. The number of hydrogen-bond acceptors (Lipinski definition) is 2. The molecule has 0 aliphatic heterocycles. The Hall–Kier alpha value is -1.37. The van der Waals surface area contributed by atoms with E-state index in [0.717, 1.165) is 6.42 Å². The Morgan fingerprint density at radius 3 is 2.83 bits per heavy atom. The molecule has 1 rings (SSSR count). The molecular weight excluding hydrogens is 238 g/mol. The number of hydrogen-bond donors (Lipinski definition) is 0. The van der Waals surface area contributed by atoms with Gasteiger partial charge in [0.15, 0.2) is 0 Å². The molecule has 0 N–H and O–H groups in total. The van der Waals surface area contributed by atoms with Crippen molar-refractivity contribution >= 4 is 8.80 Å². The largest absolute Gasteiger partial charge is 0.376 e. The molecule has 0 aliphatic carbocycles. The molecule has 2 nitrogen and oxygen atoms in total. The molecule has 1 aromatic rings. The lowest BCUT2D eigenvalue weighted by atomic mass is 10.2. The lowest BCUT2D eigenvalue weighted by molar-refractivity contribution is 0.168. The average molecular weight is 258 g/mol. The Morgan fingerprint density at radius 1 is 1.33 bits per heavy atom. The van der Waals surface area contributed by atoms with Gasteiger partial charge in [-0.2, -0.15) is 5.26 Å². The maximum atomic E-state index is 8.35. The SMILES string of the molecule is C[Si](C=CCOCCC#N)CCc1ccccc1. The minimum Gasteiger partial charge on any atom is -0.376 e. The molecule has 0 aromatic heterocycles. The third-order valence-electron chi connectivity index (χ3n) is 2.63. The van der Waals surface area contributed by atoms with Gasteiger partial charge in [-0.15, -0.1) is 0 Å². The summed E-state index contributed by atoms with van der Waals surface area (Å²) in [5.41, 5.74) is 3.71. The van der Waals surface area contributed by atoms with Gasteiger partial charge in [-0.05, 0) is 12.0 Å². The van der Waals surface area contributed by atoms with Crippen molar-refractivity contribution in [1.82, 2.24) is 0 Å². The zero-order valence-electron chi connectivity index (χ0n) is 10.9. The topological polar surface area (TPSA) is 33.0 Å². The zero-order valence-corrected chi connectivity index (χ0v) is 11.9. The number of ether oxygens (including phenoxy) is 1. The standard InChI is InChI=1S/C15H20NOSi/c1-18(13-6-12-17-11-5-10-16)14-9-15-7-3-2-4-8-15/h2-4,6-8,13H,5,9,11-12,14H2,1H3. The first-order valence-corrected chi connectivity index (χ1v) is 8.59. The number of nitriles is 1. The van der Waals surface area contributed by atoms with Gasteiger partial charge in [-0.3, -0.25) is 0 Å². The van der Waals surface area contributed by atoms with Crippen LogP contribution in [0.1, 0.15) is 12.0 Å². The Kier molecular flexibility index (Phi) is 7.86. The Balaban J connectivity index is 2.12. The van der Waals surface area contributed by atoms with Crippen molar-refractivity contribution in [2.45, 2.75) is 25.4 Å². The van der Waals surface area contributed by atoms with Gasteiger partial charge >= 0.3 is 0 Å². The van der Waals surface area contributed by atoms with Crippen molar-refractivity contribution in [3.8, 4) is 6.07 Å². The van der Waals surface area contributed by atoms with Crippen LogP contribution in [0.3, 0.4) is 0 Å². The van der Waals surface area contributed by atoms with Crippen LogP contribution in [-0.4, -0.2) is 22.0 Å². The molecular formula is C15H20NOSi. The van der Waals surface area contributed by atoms with Crippen LogP contribution in [0.2, 0.25) is 12.6 Å². The van der Waals surface area contributed by atoms with Crippen molar-refractivity contribution in [3.05, 3.63) is 47.7 Å². The lowest BCUT2D eigenvalue weighted by Crippen LogP contribution is -2.05. The first-order valence-electron chi connectivity index (χ1n) is 6.30. The molecule has 18 heavy (non-hydrogen) atoms.